The number of halogens is 2. The lowest BCUT2D eigenvalue weighted by atomic mass is 10.2. The fourth-order valence-electron chi connectivity index (χ4n) is 2.24. The predicted molar refractivity (Wildman–Crippen MR) is 115 cm³/mol. The maximum Gasteiger partial charge on any atom is 0.357 e. The number of hydrogen-bond donors (Lipinski definition) is 0. The summed E-state index contributed by atoms with van der Waals surface area (Å²) in [6.07, 6.45) is 1.31. The van der Waals surface area contributed by atoms with Gasteiger partial charge in [0.25, 0.3) is 0 Å². The molecule has 0 amide bonds. The van der Waals surface area contributed by atoms with Crippen molar-refractivity contribution in [2.75, 3.05) is 0 Å². The van der Waals surface area contributed by atoms with Crippen molar-refractivity contribution in [3.05, 3.63) is 101 Å². The van der Waals surface area contributed by atoms with Gasteiger partial charge in [-0.1, -0.05) is 60.7 Å². The maximum atomic E-state index is 12.0. The fourth-order valence-corrected chi connectivity index (χ4v) is 2.24. The van der Waals surface area contributed by atoms with Gasteiger partial charge in [0.15, 0.2) is 0 Å². The van der Waals surface area contributed by atoms with Crippen molar-refractivity contribution in [2.45, 2.75) is 13.2 Å². The van der Waals surface area contributed by atoms with E-state index in [9.17, 15) is 9.59 Å². The lowest BCUT2D eigenvalue weighted by molar-refractivity contribution is 0.0452. The predicted octanol–water partition coefficient (Wildman–Crippen LogP) is 4.84. The van der Waals surface area contributed by atoms with Gasteiger partial charge in [0, 0.05) is 27.6 Å². The number of nitrogens with zero attached hydrogens (tertiary/aromatic N) is 1. The van der Waals surface area contributed by atoms with Gasteiger partial charge in [0.1, 0.15) is 18.9 Å². The highest BCUT2D eigenvalue weighted by molar-refractivity contribution is 8.26. The standard InChI is InChI=1S/C21H17NO4.Cl2OS/c23-20(25-14-16-7-3-1-4-8-16)18-11-12-19(22-13-18)21(24)26-15-17-9-5-2-6-10-17;1-4(2)3/h1-13H,14-15H2;. The third kappa shape index (κ3) is 8.73. The van der Waals surface area contributed by atoms with Gasteiger partial charge >= 0.3 is 11.9 Å². The van der Waals surface area contributed by atoms with Crippen molar-refractivity contribution >= 4 is 42.5 Å². The molecule has 0 saturated heterocycles. The van der Waals surface area contributed by atoms with Crippen molar-refractivity contribution in [1.82, 2.24) is 4.98 Å². The van der Waals surface area contributed by atoms with Crippen LogP contribution in [-0.4, -0.2) is 21.1 Å². The number of ether oxygens (including phenoxy) is 2. The van der Waals surface area contributed by atoms with Gasteiger partial charge in [-0.25, -0.2) is 18.8 Å². The Morgan fingerprint density at radius 2 is 1.23 bits per heavy atom. The molecule has 0 aliphatic carbocycles. The Morgan fingerprint density at radius 3 is 1.67 bits per heavy atom. The van der Waals surface area contributed by atoms with Crippen LogP contribution in [0.15, 0.2) is 79.0 Å². The van der Waals surface area contributed by atoms with Crippen LogP contribution in [0.3, 0.4) is 0 Å². The van der Waals surface area contributed by atoms with Crippen molar-refractivity contribution in [1.29, 1.82) is 0 Å². The SMILES string of the molecule is O=C(OCc1ccccc1)c1ccc(C(=O)OCc2ccccc2)nc1.O=S(Cl)Cl. The molecule has 0 fully saturated rings. The molecule has 6 nitrogen and oxygen atoms in total. The van der Waals surface area contributed by atoms with E-state index in [1.54, 1.807) is 0 Å². The monoisotopic (exact) mass is 465 g/mol. The maximum absolute atomic E-state index is 12.0. The zero-order valence-corrected chi connectivity index (χ0v) is 17.9. The highest BCUT2D eigenvalue weighted by Gasteiger charge is 2.12. The van der Waals surface area contributed by atoms with Crippen LogP contribution in [0.2, 0.25) is 0 Å². The molecular formula is C21H17Cl2NO5S. The summed E-state index contributed by atoms with van der Waals surface area (Å²) in [6.45, 7) is 0.350. The number of rotatable bonds is 6. The minimum Gasteiger partial charge on any atom is -0.457 e. The molecule has 3 rings (SSSR count). The second-order valence-electron chi connectivity index (χ2n) is 5.74. The Morgan fingerprint density at radius 1 is 0.767 bits per heavy atom. The minimum atomic E-state index is -1.67. The molecule has 0 aliphatic rings. The molecule has 156 valence electrons. The van der Waals surface area contributed by atoms with Crippen LogP contribution in [-0.2, 0) is 31.9 Å². The third-order valence-corrected chi connectivity index (χ3v) is 3.63. The zero-order chi connectivity index (χ0) is 21.8. The minimum absolute atomic E-state index is 0.139. The molecule has 0 bridgehead atoms. The molecule has 0 spiro atoms. The van der Waals surface area contributed by atoms with E-state index >= 15 is 0 Å². The van der Waals surface area contributed by atoms with Gasteiger partial charge in [-0.05, 0) is 23.3 Å². The van der Waals surface area contributed by atoms with Crippen LogP contribution in [0.1, 0.15) is 32.0 Å². The molecule has 0 radical (unpaired) electrons. The lowest BCUT2D eigenvalue weighted by Crippen LogP contribution is -2.10. The Labute approximate surface area is 185 Å². The number of aromatic nitrogens is 1. The van der Waals surface area contributed by atoms with Crippen LogP contribution in [0, 0.1) is 0 Å². The molecule has 0 unspecified atom stereocenters. The van der Waals surface area contributed by atoms with Crippen LogP contribution in [0.25, 0.3) is 0 Å². The highest BCUT2D eigenvalue weighted by atomic mass is 36.0. The highest BCUT2D eigenvalue weighted by Crippen LogP contribution is 2.08. The fraction of sp³-hybridized carbons (Fsp3) is 0.0952. The molecule has 1 heterocycles. The first-order valence-corrected chi connectivity index (χ1v) is 11.4. The van der Waals surface area contributed by atoms with E-state index in [0.717, 1.165) is 11.1 Å². The first-order valence-electron chi connectivity index (χ1n) is 8.58. The molecule has 0 atom stereocenters. The number of carbonyl (C=O) groups is 2. The van der Waals surface area contributed by atoms with Gasteiger partial charge in [-0.15, -0.1) is 0 Å². The van der Waals surface area contributed by atoms with Crippen molar-refractivity contribution in [3.8, 4) is 0 Å². The van der Waals surface area contributed by atoms with Gasteiger partial charge in [0.2, 0.25) is 9.23 Å². The van der Waals surface area contributed by atoms with Crippen LogP contribution < -0.4 is 0 Å². The average Bonchev–Trinajstić information content (AvgIpc) is 2.77. The zero-order valence-electron chi connectivity index (χ0n) is 15.6. The van der Waals surface area contributed by atoms with Crippen molar-refractivity contribution in [3.63, 3.8) is 0 Å². The van der Waals surface area contributed by atoms with Gasteiger partial charge < -0.3 is 9.47 Å². The molecule has 1 aromatic heterocycles. The summed E-state index contributed by atoms with van der Waals surface area (Å²) < 4.78 is 19.5. The number of esters is 2. The van der Waals surface area contributed by atoms with Gasteiger partial charge in [-0.2, -0.15) is 0 Å². The Kier molecular flexibility index (Phi) is 10.00. The third-order valence-electron chi connectivity index (χ3n) is 3.63. The topological polar surface area (TPSA) is 82.6 Å². The average molecular weight is 466 g/mol. The summed E-state index contributed by atoms with van der Waals surface area (Å²) >= 11 is 0. The summed E-state index contributed by atoms with van der Waals surface area (Å²) in [7, 11) is 7.36. The lowest BCUT2D eigenvalue weighted by Gasteiger charge is -2.06. The Balaban J connectivity index is 0.000000735. The molecule has 2 aromatic carbocycles. The molecule has 9 heteroatoms. The number of hydrogen-bond acceptors (Lipinski definition) is 6. The van der Waals surface area contributed by atoms with Gasteiger partial charge in [0.05, 0.1) is 5.56 Å². The Hall–Kier alpha value is -2.74. The van der Waals surface area contributed by atoms with E-state index in [2.05, 4.69) is 26.3 Å². The molecule has 0 saturated carbocycles. The van der Waals surface area contributed by atoms with Crippen molar-refractivity contribution in [2.24, 2.45) is 0 Å². The first kappa shape index (κ1) is 23.5. The van der Waals surface area contributed by atoms with E-state index in [1.165, 1.54) is 18.3 Å². The quantitative estimate of drug-likeness (QED) is 0.382. The molecule has 3 aromatic rings. The first-order chi connectivity index (χ1) is 14.5. The smallest absolute Gasteiger partial charge is 0.357 e. The van der Waals surface area contributed by atoms with Crippen LogP contribution in [0.4, 0.5) is 0 Å². The van der Waals surface area contributed by atoms with E-state index < -0.39 is 21.2 Å². The van der Waals surface area contributed by atoms with E-state index in [4.69, 9.17) is 13.7 Å². The van der Waals surface area contributed by atoms with Gasteiger partial charge in [-0.3, -0.25) is 0 Å². The van der Waals surface area contributed by atoms with Crippen LogP contribution >= 0.6 is 21.4 Å². The van der Waals surface area contributed by atoms with Crippen LogP contribution in [0.5, 0.6) is 0 Å². The summed E-state index contributed by atoms with van der Waals surface area (Å²) in [5.41, 5.74) is 2.21. The molecule has 0 N–H and O–H groups in total. The molecule has 30 heavy (non-hydrogen) atoms. The van der Waals surface area contributed by atoms with E-state index in [0.29, 0.717) is 0 Å². The Bertz CT molecular complexity index is 891. The number of benzene rings is 2. The molecular weight excluding hydrogens is 449 g/mol. The summed E-state index contributed by atoms with van der Waals surface area (Å²) in [6, 6.07) is 21.7. The largest absolute Gasteiger partial charge is 0.457 e. The second kappa shape index (κ2) is 12.7. The number of carbonyl (C=O) groups excluding carboxylic acids is 2. The van der Waals surface area contributed by atoms with Crippen molar-refractivity contribution < 1.29 is 23.3 Å². The summed E-state index contributed by atoms with van der Waals surface area (Å²) in [4.78, 5) is 28.0. The molecule has 0 aliphatic heterocycles. The normalized spacial score (nSPS) is 9.97. The second-order valence-corrected chi connectivity index (χ2v) is 8.26. The number of pyridine rings is 1. The summed E-state index contributed by atoms with van der Waals surface area (Å²) in [5, 5.41) is 0. The van der Waals surface area contributed by atoms with E-state index in [1.807, 2.05) is 60.7 Å². The summed E-state index contributed by atoms with van der Waals surface area (Å²) in [5.74, 6) is -1.04. The van der Waals surface area contributed by atoms with E-state index in [-0.39, 0.29) is 24.5 Å².